The number of benzene rings is 1. The van der Waals surface area contributed by atoms with Crippen LogP contribution in [-0.2, 0) is 0 Å². The van der Waals surface area contributed by atoms with Crippen molar-refractivity contribution in [3.8, 4) is 0 Å². The van der Waals surface area contributed by atoms with Crippen LogP contribution in [0.25, 0.3) is 0 Å². The molecule has 1 aliphatic heterocycles. The maximum Gasteiger partial charge on any atom is 0.335 e. The predicted molar refractivity (Wildman–Crippen MR) is 60.8 cm³/mol. The fourth-order valence-electron chi connectivity index (χ4n) is 1.96. The fourth-order valence-corrected chi connectivity index (χ4v) is 1.96. The second-order valence-corrected chi connectivity index (χ2v) is 4.14. The second-order valence-electron chi connectivity index (χ2n) is 4.14. The van der Waals surface area contributed by atoms with Gasteiger partial charge < -0.3 is 15.1 Å². The van der Waals surface area contributed by atoms with E-state index in [0.29, 0.717) is 11.5 Å². The molecule has 1 saturated heterocycles. The van der Waals surface area contributed by atoms with Gasteiger partial charge in [-0.15, -0.1) is 0 Å². The first-order chi connectivity index (χ1) is 7.70. The van der Waals surface area contributed by atoms with Gasteiger partial charge in [-0.2, -0.15) is 0 Å². The minimum atomic E-state index is -0.895. The topological polar surface area (TPSA) is 60.8 Å². The highest BCUT2D eigenvalue weighted by Crippen LogP contribution is 2.26. The molecule has 86 valence electrons. The van der Waals surface area contributed by atoms with Gasteiger partial charge in [-0.25, -0.2) is 4.79 Å². The molecule has 1 fully saturated rings. The van der Waals surface area contributed by atoms with Crippen molar-refractivity contribution in [3.05, 3.63) is 29.8 Å². The van der Waals surface area contributed by atoms with Crippen molar-refractivity contribution in [2.75, 3.05) is 24.6 Å². The van der Waals surface area contributed by atoms with Gasteiger partial charge in [0.15, 0.2) is 0 Å². The summed E-state index contributed by atoms with van der Waals surface area (Å²) in [5.41, 5.74) is 1.37. The summed E-state index contributed by atoms with van der Waals surface area (Å²) in [4.78, 5) is 12.8. The van der Waals surface area contributed by atoms with Crippen LogP contribution in [0.4, 0.5) is 5.69 Å². The van der Waals surface area contributed by atoms with Crippen molar-refractivity contribution in [2.24, 2.45) is 5.92 Å². The molecular weight excluding hydrogens is 206 g/mol. The van der Waals surface area contributed by atoms with Gasteiger partial charge in [0.05, 0.1) is 5.56 Å². The molecule has 1 aromatic rings. The molecule has 0 unspecified atom stereocenters. The fraction of sp³-hybridized carbons (Fsp3) is 0.417. The van der Waals surface area contributed by atoms with Crippen LogP contribution < -0.4 is 4.90 Å². The van der Waals surface area contributed by atoms with E-state index in [1.54, 1.807) is 12.1 Å². The Kier molecular flexibility index (Phi) is 3.10. The van der Waals surface area contributed by atoms with Crippen molar-refractivity contribution in [1.82, 2.24) is 0 Å². The number of anilines is 1. The summed E-state index contributed by atoms with van der Waals surface area (Å²) in [5, 5.41) is 17.5. The molecule has 1 aromatic carbocycles. The Hall–Kier alpha value is -1.55. The summed E-state index contributed by atoms with van der Waals surface area (Å²) >= 11 is 0. The smallest absolute Gasteiger partial charge is 0.335 e. The Balaban J connectivity index is 1.94. The summed E-state index contributed by atoms with van der Waals surface area (Å²) in [6.07, 6.45) is 0.851. The molecule has 1 heterocycles. The molecule has 0 atom stereocenters. The van der Waals surface area contributed by atoms with Gasteiger partial charge in [0.2, 0.25) is 0 Å². The van der Waals surface area contributed by atoms with Gasteiger partial charge in [0, 0.05) is 25.4 Å². The van der Waals surface area contributed by atoms with E-state index in [1.165, 1.54) is 0 Å². The van der Waals surface area contributed by atoms with Crippen LogP contribution in [0.15, 0.2) is 24.3 Å². The van der Waals surface area contributed by atoms with E-state index in [9.17, 15) is 4.79 Å². The Bertz CT molecular complexity index is 368. The van der Waals surface area contributed by atoms with Crippen molar-refractivity contribution in [1.29, 1.82) is 0 Å². The number of carboxylic acids is 1. The average molecular weight is 221 g/mol. The van der Waals surface area contributed by atoms with Gasteiger partial charge in [0.25, 0.3) is 0 Å². The highest BCUT2D eigenvalue weighted by molar-refractivity contribution is 5.88. The molecular formula is C12H15NO3. The highest BCUT2D eigenvalue weighted by atomic mass is 16.4. The molecule has 2 rings (SSSR count). The monoisotopic (exact) mass is 221 g/mol. The van der Waals surface area contributed by atoms with Crippen LogP contribution in [0.5, 0.6) is 0 Å². The van der Waals surface area contributed by atoms with Gasteiger partial charge in [-0.3, -0.25) is 0 Å². The zero-order valence-electron chi connectivity index (χ0n) is 8.97. The minimum Gasteiger partial charge on any atom is -0.478 e. The molecule has 0 bridgehead atoms. The van der Waals surface area contributed by atoms with E-state index >= 15 is 0 Å². The summed E-state index contributed by atoms with van der Waals surface area (Å²) in [7, 11) is 0. The number of aromatic carboxylic acids is 1. The molecule has 0 spiro atoms. The van der Waals surface area contributed by atoms with Gasteiger partial charge >= 0.3 is 5.97 Å². The molecule has 0 radical (unpaired) electrons. The summed E-state index contributed by atoms with van der Waals surface area (Å²) < 4.78 is 0. The number of aliphatic hydroxyl groups is 1. The third-order valence-corrected chi connectivity index (χ3v) is 2.97. The Morgan fingerprint density at radius 1 is 1.31 bits per heavy atom. The Morgan fingerprint density at radius 2 is 1.94 bits per heavy atom. The normalized spacial score (nSPS) is 15.9. The Labute approximate surface area is 94.1 Å². The van der Waals surface area contributed by atoms with Gasteiger partial charge in [-0.05, 0) is 36.6 Å². The largest absolute Gasteiger partial charge is 0.478 e. The summed E-state index contributed by atoms with van der Waals surface area (Å²) in [6.45, 7) is 2.15. The molecule has 4 heteroatoms. The lowest BCUT2D eigenvalue weighted by Gasteiger charge is -2.41. The van der Waals surface area contributed by atoms with Crippen molar-refractivity contribution >= 4 is 11.7 Å². The van der Waals surface area contributed by atoms with E-state index < -0.39 is 5.97 Å². The van der Waals surface area contributed by atoms with Crippen molar-refractivity contribution < 1.29 is 15.0 Å². The zero-order chi connectivity index (χ0) is 11.5. The second kappa shape index (κ2) is 4.53. The molecule has 0 aliphatic carbocycles. The van der Waals surface area contributed by atoms with Crippen LogP contribution in [0.1, 0.15) is 16.8 Å². The number of hydrogen-bond donors (Lipinski definition) is 2. The van der Waals surface area contributed by atoms with Crippen LogP contribution in [0.3, 0.4) is 0 Å². The highest BCUT2D eigenvalue weighted by Gasteiger charge is 2.26. The van der Waals surface area contributed by atoms with Crippen LogP contribution in [0, 0.1) is 5.92 Å². The predicted octanol–water partition coefficient (Wildman–Crippen LogP) is 1.20. The van der Waals surface area contributed by atoms with E-state index in [-0.39, 0.29) is 6.61 Å². The number of nitrogens with zero attached hydrogens (tertiary/aromatic N) is 1. The zero-order valence-corrected chi connectivity index (χ0v) is 8.97. The van der Waals surface area contributed by atoms with E-state index in [1.807, 2.05) is 12.1 Å². The van der Waals surface area contributed by atoms with Crippen LogP contribution in [-0.4, -0.2) is 35.9 Å². The van der Waals surface area contributed by atoms with E-state index in [0.717, 1.165) is 25.2 Å². The maximum atomic E-state index is 10.7. The lowest BCUT2D eigenvalue weighted by atomic mass is 9.96. The number of aliphatic hydroxyl groups excluding tert-OH is 1. The van der Waals surface area contributed by atoms with Gasteiger partial charge in [0.1, 0.15) is 0 Å². The minimum absolute atomic E-state index is 0.246. The van der Waals surface area contributed by atoms with Gasteiger partial charge in [-0.1, -0.05) is 0 Å². The standard InChI is InChI=1S/C12H15NO3/c14-6-5-9-7-13(8-9)11-3-1-10(2-4-11)12(15)16/h1-4,9,14H,5-8H2,(H,15,16). The van der Waals surface area contributed by atoms with E-state index in [2.05, 4.69) is 4.90 Å². The molecule has 0 amide bonds. The quantitative estimate of drug-likeness (QED) is 0.802. The maximum absolute atomic E-state index is 10.7. The number of carboxylic acid groups (broad SMARTS) is 1. The number of hydrogen-bond acceptors (Lipinski definition) is 3. The molecule has 1 aliphatic rings. The first-order valence-electron chi connectivity index (χ1n) is 5.40. The molecule has 16 heavy (non-hydrogen) atoms. The lowest BCUT2D eigenvalue weighted by molar-refractivity contribution is 0.0697. The third kappa shape index (κ3) is 2.17. The molecule has 0 saturated carbocycles. The van der Waals surface area contributed by atoms with Crippen molar-refractivity contribution in [2.45, 2.75) is 6.42 Å². The number of rotatable bonds is 4. The van der Waals surface area contributed by atoms with E-state index in [4.69, 9.17) is 10.2 Å². The summed E-state index contributed by atoms with van der Waals surface area (Å²) in [6, 6.07) is 6.91. The average Bonchev–Trinajstić information content (AvgIpc) is 2.23. The molecule has 2 N–H and O–H groups in total. The molecule has 0 aromatic heterocycles. The first-order valence-corrected chi connectivity index (χ1v) is 5.40. The Morgan fingerprint density at radius 3 is 2.44 bits per heavy atom. The van der Waals surface area contributed by atoms with Crippen LogP contribution >= 0.6 is 0 Å². The first kappa shape index (κ1) is 11.0. The number of carbonyl (C=O) groups is 1. The SMILES string of the molecule is O=C(O)c1ccc(N2CC(CCO)C2)cc1. The lowest BCUT2D eigenvalue weighted by Crippen LogP contribution is -2.47. The third-order valence-electron chi connectivity index (χ3n) is 2.97. The summed E-state index contributed by atoms with van der Waals surface area (Å²) in [5.74, 6) is -0.322. The molecule has 4 nitrogen and oxygen atoms in total. The van der Waals surface area contributed by atoms with Crippen LogP contribution in [0.2, 0.25) is 0 Å². The van der Waals surface area contributed by atoms with Crippen molar-refractivity contribution in [3.63, 3.8) is 0 Å².